The summed E-state index contributed by atoms with van der Waals surface area (Å²) in [6, 6.07) is -0.298. The van der Waals surface area contributed by atoms with E-state index in [1.54, 1.807) is 17.1 Å². The lowest BCUT2D eigenvalue weighted by molar-refractivity contribution is -0.124. The number of halogens is 1. The van der Waals surface area contributed by atoms with E-state index in [0.717, 1.165) is 10.9 Å². The Hall–Kier alpha value is -0.880. The van der Waals surface area contributed by atoms with Gasteiger partial charge < -0.3 is 10.1 Å². The first-order chi connectivity index (χ1) is 8.15. The number of nitrogens with one attached hydrogen (secondary N) is 1. The standard InChI is InChI=1S/C11H18BrN3O2/c1-3-17-6-4-5-13-11(16)9(2)15-8-10(12)7-14-15/h7-9H,3-6H2,1-2H3,(H,13,16)/t9-/m0/s1. The van der Waals surface area contributed by atoms with Gasteiger partial charge in [-0.1, -0.05) is 0 Å². The van der Waals surface area contributed by atoms with Gasteiger partial charge in [0.05, 0.1) is 10.7 Å². The van der Waals surface area contributed by atoms with Gasteiger partial charge in [-0.3, -0.25) is 9.48 Å². The second-order valence-corrected chi connectivity index (χ2v) is 4.57. The van der Waals surface area contributed by atoms with Crippen LogP contribution in [0.3, 0.4) is 0 Å². The smallest absolute Gasteiger partial charge is 0.244 e. The van der Waals surface area contributed by atoms with Gasteiger partial charge in [0.1, 0.15) is 6.04 Å². The second-order valence-electron chi connectivity index (χ2n) is 3.66. The Bertz CT molecular complexity index is 354. The van der Waals surface area contributed by atoms with Crippen LogP contribution in [0.5, 0.6) is 0 Å². The van der Waals surface area contributed by atoms with E-state index >= 15 is 0 Å². The van der Waals surface area contributed by atoms with E-state index in [-0.39, 0.29) is 11.9 Å². The third-order valence-electron chi connectivity index (χ3n) is 2.32. The SMILES string of the molecule is CCOCCCNC(=O)[C@H](C)n1cc(Br)cn1. The fourth-order valence-corrected chi connectivity index (χ4v) is 1.63. The van der Waals surface area contributed by atoms with Gasteiger partial charge >= 0.3 is 0 Å². The molecule has 1 amide bonds. The molecule has 1 aromatic rings. The number of hydrogen-bond acceptors (Lipinski definition) is 3. The van der Waals surface area contributed by atoms with Crippen LogP contribution in [0.15, 0.2) is 16.9 Å². The second kappa shape index (κ2) is 7.45. The zero-order valence-corrected chi connectivity index (χ0v) is 11.7. The molecule has 0 fully saturated rings. The highest BCUT2D eigenvalue weighted by molar-refractivity contribution is 9.10. The summed E-state index contributed by atoms with van der Waals surface area (Å²) in [5, 5.41) is 6.93. The Kier molecular flexibility index (Phi) is 6.21. The van der Waals surface area contributed by atoms with Crippen molar-refractivity contribution in [3.63, 3.8) is 0 Å². The van der Waals surface area contributed by atoms with Crippen molar-refractivity contribution >= 4 is 21.8 Å². The van der Waals surface area contributed by atoms with Crippen molar-refractivity contribution in [3.8, 4) is 0 Å². The van der Waals surface area contributed by atoms with Crippen molar-refractivity contribution in [1.29, 1.82) is 0 Å². The van der Waals surface area contributed by atoms with E-state index in [4.69, 9.17) is 4.74 Å². The molecule has 0 radical (unpaired) electrons. The number of carbonyl (C=O) groups excluding carboxylic acids is 1. The van der Waals surface area contributed by atoms with E-state index in [1.807, 2.05) is 13.8 Å². The molecule has 0 saturated carbocycles. The van der Waals surface area contributed by atoms with Crippen molar-refractivity contribution < 1.29 is 9.53 Å². The minimum atomic E-state index is -0.298. The summed E-state index contributed by atoms with van der Waals surface area (Å²) in [4.78, 5) is 11.8. The van der Waals surface area contributed by atoms with Crippen LogP contribution >= 0.6 is 15.9 Å². The molecule has 0 bridgehead atoms. The summed E-state index contributed by atoms with van der Waals surface area (Å²) >= 11 is 3.30. The molecule has 1 heterocycles. The molecule has 1 aromatic heterocycles. The maximum Gasteiger partial charge on any atom is 0.244 e. The molecule has 17 heavy (non-hydrogen) atoms. The number of carbonyl (C=O) groups is 1. The predicted molar refractivity (Wildman–Crippen MR) is 68.8 cm³/mol. The lowest BCUT2D eigenvalue weighted by Crippen LogP contribution is -2.32. The minimum Gasteiger partial charge on any atom is -0.382 e. The molecule has 5 nitrogen and oxygen atoms in total. The minimum absolute atomic E-state index is 0.0305. The predicted octanol–water partition coefficient (Wildman–Crippen LogP) is 1.75. The Morgan fingerprint density at radius 3 is 3.06 bits per heavy atom. The maximum atomic E-state index is 11.8. The zero-order valence-electron chi connectivity index (χ0n) is 10.1. The number of rotatable bonds is 7. The number of nitrogens with zero attached hydrogens (tertiary/aromatic N) is 2. The highest BCUT2D eigenvalue weighted by Gasteiger charge is 2.14. The highest BCUT2D eigenvalue weighted by atomic mass is 79.9. The van der Waals surface area contributed by atoms with Crippen molar-refractivity contribution in [2.75, 3.05) is 19.8 Å². The third-order valence-corrected chi connectivity index (χ3v) is 2.72. The highest BCUT2D eigenvalue weighted by Crippen LogP contribution is 2.11. The molecular weight excluding hydrogens is 286 g/mol. The quantitative estimate of drug-likeness (QED) is 0.781. The van der Waals surface area contributed by atoms with Crippen molar-refractivity contribution in [2.24, 2.45) is 0 Å². The fraction of sp³-hybridized carbons (Fsp3) is 0.636. The molecule has 1 atom stereocenters. The zero-order chi connectivity index (χ0) is 12.7. The van der Waals surface area contributed by atoms with Crippen LogP contribution in [-0.4, -0.2) is 35.4 Å². The average molecular weight is 304 g/mol. The van der Waals surface area contributed by atoms with Crippen LogP contribution in [0.25, 0.3) is 0 Å². The van der Waals surface area contributed by atoms with Gasteiger partial charge in [0.25, 0.3) is 0 Å². The van der Waals surface area contributed by atoms with E-state index < -0.39 is 0 Å². The summed E-state index contributed by atoms with van der Waals surface area (Å²) < 4.78 is 7.68. The normalized spacial score (nSPS) is 12.4. The van der Waals surface area contributed by atoms with E-state index in [0.29, 0.717) is 19.8 Å². The Morgan fingerprint density at radius 1 is 1.71 bits per heavy atom. The Labute approximate surface area is 110 Å². The van der Waals surface area contributed by atoms with Gasteiger partial charge in [-0.15, -0.1) is 0 Å². The lowest BCUT2D eigenvalue weighted by Gasteiger charge is -2.12. The third kappa shape index (κ3) is 4.87. The van der Waals surface area contributed by atoms with Crippen LogP contribution in [0.2, 0.25) is 0 Å². The summed E-state index contributed by atoms with van der Waals surface area (Å²) in [5.41, 5.74) is 0. The van der Waals surface area contributed by atoms with Gasteiger partial charge in [0.2, 0.25) is 5.91 Å². The molecule has 1 rings (SSSR count). The molecule has 96 valence electrons. The monoisotopic (exact) mass is 303 g/mol. The molecule has 1 N–H and O–H groups in total. The van der Waals surface area contributed by atoms with Crippen LogP contribution < -0.4 is 5.32 Å². The Morgan fingerprint density at radius 2 is 2.47 bits per heavy atom. The van der Waals surface area contributed by atoms with Gasteiger partial charge in [-0.25, -0.2) is 0 Å². The molecular formula is C11H18BrN3O2. The molecule has 0 aliphatic heterocycles. The topological polar surface area (TPSA) is 56.1 Å². The number of aromatic nitrogens is 2. The first-order valence-corrected chi connectivity index (χ1v) is 6.49. The van der Waals surface area contributed by atoms with Crippen molar-refractivity contribution in [3.05, 3.63) is 16.9 Å². The van der Waals surface area contributed by atoms with E-state index in [1.165, 1.54) is 0 Å². The number of ether oxygens (including phenoxy) is 1. The summed E-state index contributed by atoms with van der Waals surface area (Å²) in [6.07, 6.45) is 4.28. The first-order valence-electron chi connectivity index (χ1n) is 5.70. The van der Waals surface area contributed by atoms with Gasteiger partial charge in [0, 0.05) is 26.0 Å². The van der Waals surface area contributed by atoms with Crippen molar-refractivity contribution in [2.45, 2.75) is 26.3 Å². The molecule has 0 aliphatic carbocycles. The number of amides is 1. The first kappa shape index (κ1) is 14.2. The molecule has 0 aliphatic rings. The molecule has 0 saturated heterocycles. The molecule has 6 heteroatoms. The van der Waals surface area contributed by atoms with Crippen LogP contribution in [0, 0.1) is 0 Å². The number of hydrogen-bond donors (Lipinski definition) is 1. The van der Waals surface area contributed by atoms with E-state index in [2.05, 4.69) is 26.3 Å². The summed E-state index contributed by atoms with van der Waals surface area (Å²) in [5.74, 6) is -0.0305. The summed E-state index contributed by atoms with van der Waals surface area (Å²) in [7, 11) is 0. The van der Waals surface area contributed by atoms with E-state index in [9.17, 15) is 4.79 Å². The maximum absolute atomic E-state index is 11.8. The van der Waals surface area contributed by atoms with Gasteiger partial charge in [0.15, 0.2) is 0 Å². The van der Waals surface area contributed by atoms with Crippen LogP contribution in [0.4, 0.5) is 0 Å². The molecule has 0 aromatic carbocycles. The molecule has 0 unspecified atom stereocenters. The Balaban J connectivity index is 2.28. The summed E-state index contributed by atoms with van der Waals surface area (Å²) in [6.45, 7) is 5.79. The fourth-order valence-electron chi connectivity index (χ4n) is 1.32. The van der Waals surface area contributed by atoms with Crippen LogP contribution in [-0.2, 0) is 9.53 Å². The van der Waals surface area contributed by atoms with Crippen molar-refractivity contribution in [1.82, 2.24) is 15.1 Å². The lowest BCUT2D eigenvalue weighted by atomic mass is 10.3. The average Bonchev–Trinajstić information content (AvgIpc) is 2.74. The van der Waals surface area contributed by atoms with Crippen LogP contribution in [0.1, 0.15) is 26.3 Å². The molecule has 0 spiro atoms. The van der Waals surface area contributed by atoms with Gasteiger partial charge in [-0.05, 0) is 36.2 Å². The largest absolute Gasteiger partial charge is 0.382 e. The van der Waals surface area contributed by atoms with Gasteiger partial charge in [-0.2, -0.15) is 5.10 Å².